The highest BCUT2D eigenvalue weighted by atomic mass is 16.2. The molecule has 1 aromatic rings. The molecule has 1 aromatic heterocycles. The van der Waals surface area contributed by atoms with E-state index in [-0.39, 0.29) is 18.2 Å². The predicted octanol–water partition coefficient (Wildman–Crippen LogP) is -0.261. The molecule has 0 unspecified atom stereocenters. The minimum atomic E-state index is -0.182. The van der Waals surface area contributed by atoms with Crippen LogP contribution in [0.1, 0.15) is 15.9 Å². The Morgan fingerprint density at radius 3 is 2.33 bits per heavy atom. The molecule has 6 heteroatoms. The first-order valence-electron chi connectivity index (χ1n) is 5.70. The first-order valence-corrected chi connectivity index (χ1v) is 5.70. The average Bonchev–Trinajstić information content (AvgIpc) is 2.64. The molecule has 18 heavy (non-hydrogen) atoms. The molecular weight excluding hydrogens is 232 g/mol. The summed E-state index contributed by atoms with van der Waals surface area (Å²) in [6.07, 6.45) is 2.01. The molecule has 2 N–H and O–H groups in total. The lowest BCUT2D eigenvalue weighted by molar-refractivity contribution is -0.119. The van der Waals surface area contributed by atoms with Gasteiger partial charge in [-0.2, -0.15) is 0 Å². The van der Waals surface area contributed by atoms with Crippen molar-refractivity contribution < 1.29 is 9.59 Å². The van der Waals surface area contributed by atoms with Gasteiger partial charge in [-0.25, -0.2) is 0 Å². The number of anilines is 1. The van der Waals surface area contributed by atoms with Crippen LogP contribution in [0.15, 0.2) is 6.20 Å². The fourth-order valence-electron chi connectivity index (χ4n) is 1.99. The van der Waals surface area contributed by atoms with Crippen molar-refractivity contribution in [1.82, 2.24) is 15.2 Å². The summed E-state index contributed by atoms with van der Waals surface area (Å²) >= 11 is 0. The number of hydrogen-bond acceptors (Lipinski definition) is 3. The summed E-state index contributed by atoms with van der Waals surface area (Å²) in [5, 5.41) is 5.17. The van der Waals surface area contributed by atoms with Crippen LogP contribution in [-0.4, -0.2) is 44.6 Å². The van der Waals surface area contributed by atoms with Gasteiger partial charge in [0, 0.05) is 41.4 Å². The number of likely N-dealkylation sites (N-methyl/N-ethyl adjacent to an activating group) is 1. The van der Waals surface area contributed by atoms with E-state index in [2.05, 4.69) is 10.6 Å². The van der Waals surface area contributed by atoms with Crippen LogP contribution in [0.4, 0.5) is 5.82 Å². The molecule has 0 saturated heterocycles. The number of aromatic nitrogens is 1. The zero-order valence-corrected chi connectivity index (χ0v) is 11.5. The van der Waals surface area contributed by atoms with Crippen LogP contribution in [0.25, 0.3) is 0 Å². The Bertz CT molecular complexity index is 463. The lowest BCUT2D eigenvalue weighted by Gasteiger charge is -2.16. The Morgan fingerprint density at radius 1 is 1.28 bits per heavy atom. The van der Waals surface area contributed by atoms with Crippen LogP contribution in [0.3, 0.4) is 0 Å². The van der Waals surface area contributed by atoms with Crippen molar-refractivity contribution in [3.63, 3.8) is 0 Å². The quantitative estimate of drug-likeness (QED) is 0.776. The Kier molecular flexibility index (Phi) is 4.36. The molecule has 0 saturated carbocycles. The van der Waals surface area contributed by atoms with Crippen molar-refractivity contribution in [3.05, 3.63) is 17.3 Å². The maximum Gasteiger partial charge on any atom is 0.255 e. The van der Waals surface area contributed by atoms with Gasteiger partial charge in [-0.05, 0) is 5.56 Å². The summed E-state index contributed by atoms with van der Waals surface area (Å²) in [5.41, 5.74) is 1.27. The van der Waals surface area contributed by atoms with Crippen LogP contribution in [0.5, 0.6) is 0 Å². The molecule has 1 rings (SSSR count). The van der Waals surface area contributed by atoms with Gasteiger partial charge in [-0.1, -0.05) is 0 Å². The predicted molar refractivity (Wildman–Crippen MR) is 70.9 cm³/mol. The van der Waals surface area contributed by atoms with Gasteiger partial charge in [-0.15, -0.1) is 0 Å². The second kappa shape index (κ2) is 5.57. The molecule has 6 nitrogen and oxygen atoms in total. The van der Waals surface area contributed by atoms with E-state index in [9.17, 15) is 9.59 Å². The largest absolute Gasteiger partial charge is 0.363 e. The van der Waals surface area contributed by atoms with E-state index in [0.29, 0.717) is 5.56 Å². The molecule has 0 fully saturated rings. The topological polar surface area (TPSA) is 66.4 Å². The van der Waals surface area contributed by atoms with Gasteiger partial charge in [0.05, 0.1) is 12.0 Å². The fourth-order valence-corrected chi connectivity index (χ4v) is 1.99. The molecular formula is C12H20N4O2. The molecule has 0 aliphatic rings. The van der Waals surface area contributed by atoms with E-state index in [1.807, 2.05) is 36.8 Å². The van der Waals surface area contributed by atoms with E-state index < -0.39 is 0 Å². The van der Waals surface area contributed by atoms with Crippen LogP contribution in [0, 0.1) is 0 Å². The summed E-state index contributed by atoms with van der Waals surface area (Å²) in [5.74, 6) is 0.488. The third-order valence-corrected chi connectivity index (χ3v) is 2.74. The monoisotopic (exact) mass is 252 g/mol. The third kappa shape index (κ3) is 2.64. The van der Waals surface area contributed by atoms with Crippen molar-refractivity contribution in [2.75, 3.05) is 33.1 Å². The van der Waals surface area contributed by atoms with Crippen molar-refractivity contribution in [1.29, 1.82) is 0 Å². The summed E-state index contributed by atoms with van der Waals surface area (Å²) in [4.78, 5) is 25.3. The number of hydrogen-bond donors (Lipinski definition) is 2. The maximum atomic E-state index is 12.0. The highest BCUT2D eigenvalue weighted by Crippen LogP contribution is 2.24. The molecule has 0 aliphatic carbocycles. The number of carbonyl (C=O) groups excluding carboxylic acids is 2. The SMILES string of the molecule is CNC(=O)Cc1cn(C)c(N(C)C)c1C(=O)NC. The zero-order valence-electron chi connectivity index (χ0n) is 11.5. The summed E-state index contributed by atoms with van der Waals surface area (Å²) < 4.78 is 1.85. The molecule has 1 heterocycles. The van der Waals surface area contributed by atoms with Gasteiger partial charge in [0.15, 0.2) is 0 Å². The van der Waals surface area contributed by atoms with E-state index >= 15 is 0 Å². The number of nitrogens with zero attached hydrogens (tertiary/aromatic N) is 2. The van der Waals surface area contributed by atoms with Crippen molar-refractivity contribution in [2.24, 2.45) is 7.05 Å². The summed E-state index contributed by atoms with van der Waals surface area (Å²) in [6.45, 7) is 0. The lowest BCUT2D eigenvalue weighted by atomic mass is 10.1. The average molecular weight is 252 g/mol. The number of amides is 2. The summed E-state index contributed by atoms with van der Waals surface area (Å²) in [6, 6.07) is 0. The van der Waals surface area contributed by atoms with Gasteiger partial charge >= 0.3 is 0 Å². The highest BCUT2D eigenvalue weighted by molar-refractivity contribution is 6.01. The van der Waals surface area contributed by atoms with Crippen LogP contribution < -0.4 is 15.5 Å². The van der Waals surface area contributed by atoms with Gasteiger partial charge in [0.1, 0.15) is 5.82 Å². The highest BCUT2D eigenvalue weighted by Gasteiger charge is 2.22. The Labute approximate surface area is 107 Å². The van der Waals surface area contributed by atoms with Gasteiger partial charge < -0.3 is 20.1 Å². The molecule has 0 aliphatic heterocycles. The molecule has 2 amide bonds. The minimum Gasteiger partial charge on any atom is -0.363 e. The van der Waals surface area contributed by atoms with Crippen molar-refractivity contribution in [3.8, 4) is 0 Å². The van der Waals surface area contributed by atoms with E-state index in [4.69, 9.17) is 0 Å². The second-order valence-electron chi connectivity index (χ2n) is 4.29. The number of carbonyl (C=O) groups is 2. The normalized spacial score (nSPS) is 10.1. The van der Waals surface area contributed by atoms with Gasteiger partial charge in [0.2, 0.25) is 5.91 Å². The number of rotatable bonds is 4. The zero-order chi connectivity index (χ0) is 13.9. The smallest absolute Gasteiger partial charge is 0.255 e. The molecule has 0 radical (unpaired) electrons. The Hall–Kier alpha value is -1.98. The van der Waals surface area contributed by atoms with Crippen molar-refractivity contribution in [2.45, 2.75) is 6.42 Å². The maximum absolute atomic E-state index is 12.0. The molecule has 0 aromatic carbocycles. The Balaban J connectivity index is 3.29. The Morgan fingerprint density at radius 2 is 1.89 bits per heavy atom. The fraction of sp³-hybridized carbons (Fsp3) is 0.500. The molecule has 0 atom stereocenters. The van der Waals surface area contributed by atoms with Gasteiger partial charge in [-0.3, -0.25) is 9.59 Å². The molecule has 100 valence electrons. The van der Waals surface area contributed by atoms with E-state index in [0.717, 1.165) is 11.4 Å². The second-order valence-corrected chi connectivity index (χ2v) is 4.29. The molecule has 0 bridgehead atoms. The number of nitrogens with one attached hydrogen (secondary N) is 2. The van der Waals surface area contributed by atoms with Crippen LogP contribution in [0.2, 0.25) is 0 Å². The first-order chi connectivity index (χ1) is 8.42. The third-order valence-electron chi connectivity index (χ3n) is 2.74. The number of aryl methyl sites for hydroxylation is 1. The van der Waals surface area contributed by atoms with E-state index in [1.165, 1.54) is 0 Å². The van der Waals surface area contributed by atoms with Crippen LogP contribution in [-0.2, 0) is 18.3 Å². The van der Waals surface area contributed by atoms with Crippen LogP contribution >= 0.6 is 0 Å². The van der Waals surface area contributed by atoms with Gasteiger partial charge in [0.25, 0.3) is 5.91 Å². The first kappa shape index (κ1) is 14.1. The minimum absolute atomic E-state index is 0.115. The van der Waals surface area contributed by atoms with Crippen molar-refractivity contribution >= 4 is 17.6 Å². The standard InChI is InChI=1S/C12H20N4O2/c1-13-9(17)6-8-7-16(5)12(15(3)4)10(8)11(18)14-2/h7H,6H2,1-5H3,(H,13,17)(H,14,18). The summed E-state index contributed by atoms with van der Waals surface area (Å²) in [7, 11) is 8.75. The van der Waals surface area contributed by atoms with E-state index in [1.54, 1.807) is 14.1 Å². The lowest BCUT2D eigenvalue weighted by Crippen LogP contribution is -2.25. The molecule has 0 spiro atoms.